The van der Waals surface area contributed by atoms with Gasteiger partial charge in [-0.3, -0.25) is 0 Å². The summed E-state index contributed by atoms with van der Waals surface area (Å²) in [6.07, 6.45) is -4.83. The molecule has 0 fully saturated rings. The van der Waals surface area contributed by atoms with Crippen molar-refractivity contribution in [2.75, 3.05) is 27.4 Å². The third-order valence-electron chi connectivity index (χ3n) is 5.59. The zero-order valence-electron chi connectivity index (χ0n) is 19.7. The molecule has 0 bridgehead atoms. The second-order valence-electron chi connectivity index (χ2n) is 7.99. The minimum absolute atomic E-state index is 0.122. The first-order valence-corrected chi connectivity index (χ1v) is 11.1. The van der Waals surface area contributed by atoms with E-state index in [1.807, 2.05) is 34.9 Å². The van der Waals surface area contributed by atoms with E-state index in [-0.39, 0.29) is 17.5 Å². The van der Waals surface area contributed by atoms with Gasteiger partial charge in [0.15, 0.2) is 17.2 Å². The van der Waals surface area contributed by atoms with Gasteiger partial charge in [0.2, 0.25) is 0 Å². The molecule has 192 valence electrons. The number of hydrogen-bond acceptors (Lipinski definition) is 7. The van der Waals surface area contributed by atoms with Crippen LogP contribution in [0.15, 0.2) is 48.5 Å². The Labute approximate surface area is 205 Å². The molecule has 1 atom stereocenters. The van der Waals surface area contributed by atoms with Crippen molar-refractivity contribution in [3.8, 4) is 22.9 Å². The zero-order valence-corrected chi connectivity index (χ0v) is 19.7. The highest BCUT2D eigenvalue weighted by molar-refractivity contribution is 5.89. The molecule has 4 rings (SSSR count). The van der Waals surface area contributed by atoms with Crippen molar-refractivity contribution in [3.63, 3.8) is 0 Å². The van der Waals surface area contributed by atoms with Crippen molar-refractivity contribution in [3.05, 3.63) is 65.5 Å². The molecule has 36 heavy (non-hydrogen) atoms. The van der Waals surface area contributed by atoms with Crippen molar-refractivity contribution in [2.24, 2.45) is 0 Å². The van der Waals surface area contributed by atoms with Gasteiger partial charge in [0.25, 0.3) is 0 Å². The van der Waals surface area contributed by atoms with Gasteiger partial charge in [-0.25, -0.2) is 9.78 Å². The summed E-state index contributed by atoms with van der Waals surface area (Å²) in [5.41, 5.74) is 2.19. The summed E-state index contributed by atoms with van der Waals surface area (Å²) in [5, 5.41) is 0. The van der Waals surface area contributed by atoms with Crippen molar-refractivity contribution in [1.82, 2.24) is 9.55 Å². The molecule has 1 aromatic heterocycles. The summed E-state index contributed by atoms with van der Waals surface area (Å²) < 4.78 is 66.0. The Morgan fingerprint density at radius 3 is 2.61 bits per heavy atom. The highest BCUT2D eigenvalue weighted by Crippen LogP contribution is 2.36. The number of fused-ring (bicyclic) bond motifs is 1. The number of hydrogen-bond donors (Lipinski definition) is 0. The summed E-state index contributed by atoms with van der Waals surface area (Å²) in [5.74, 6) is -0.872. The summed E-state index contributed by atoms with van der Waals surface area (Å²) in [7, 11) is 2.50. The lowest BCUT2D eigenvalue weighted by atomic mass is 10.2. The Kier molecular flexibility index (Phi) is 7.80. The summed E-state index contributed by atoms with van der Waals surface area (Å²) >= 11 is 0. The zero-order chi connectivity index (χ0) is 25.7. The monoisotopic (exact) mass is 506 g/mol. The Morgan fingerprint density at radius 1 is 1.14 bits per heavy atom. The molecule has 1 aliphatic rings. The molecule has 2 heterocycles. The minimum atomic E-state index is -4.87. The van der Waals surface area contributed by atoms with Gasteiger partial charge >= 0.3 is 12.3 Å². The van der Waals surface area contributed by atoms with Crippen molar-refractivity contribution >= 4 is 5.97 Å². The first-order valence-electron chi connectivity index (χ1n) is 11.1. The second kappa shape index (κ2) is 11.0. The van der Waals surface area contributed by atoms with Crippen LogP contribution in [0.3, 0.4) is 0 Å². The van der Waals surface area contributed by atoms with Crippen molar-refractivity contribution in [2.45, 2.75) is 32.0 Å². The molecule has 0 saturated carbocycles. The fourth-order valence-electron chi connectivity index (χ4n) is 3.99. The molecular formula is C25H25F3N2O6. The fraction of sp³-hybridized carbons (Fsp3) is 0.360. The van der Waals surface area contributed by atoms with E-state index in [0.29, 0.717) is 49.9 Å². The number of carbonyl (C=O) groups excluding carboxylic acids is 1. The number of imidazole rings is 1. The Bertz CT molecular complexity index is 1200. The van der Waals surface area contributed by atoms with Crippen LogP contribution in [0.25, 0.3) is 11.4 Å². The SMILES string of the molecule is COC(=O)c1nc(-c2ccc(OC(F)(F)F)c(OC)c2)n2c1CCO[C@H](COCc1ccccc1)C2. The van der Waals surface area contributed by atoms with Gasteiger partial charge in [-0.05, 0) is 23.8 Å². The largest absolute Gasteiger partial charge is 0.573 e. The molecule has 0 N–H and O–H groups in total. The van der Waals surface area contributed by atoms with Crippen LogP contribution in [-0.2, 0) is 33.8 Å². The van der Waals surface area contributed by atoms with Gasteiger partial charge in [-0.15, -0.1) is 13.2 Å². The molecule has 0 amide bonds. The van der Waals surface area contributed by atoms with E-state index in [1.165, 1.54) is 26.4 Å². The molecule has 2 aromatic carbocycles. The molecule has 0 radical (unpaired) electrons. The third-order valence-corrected chi connectivity index (χ3v) is 5.59. The highest BCUT2D eigenvalue weighted by atomic mass is 19.4. The number of alkyl halides is 3. The summed E-state index contributed by atoms with van der Waals surface area (Å²) in [6, 6.07) is 13.7. The number of aromatic nitrogens is 2. The average molecular weight is 506 g/mol. The van der Waals surface area contributed by atoms with Crippen LogP contribution in [0.1, 0.15) is 21.7 Å². The number of ether oxygens (including phenoxy) is 5. The van der Waals surface area contributed by atoms with Gasteiger partial charge in [0.05, 0.1) is 52.4 Å². The highest BCUT2D eigenvalue weighted by Gasteiger charge is 2.33. The van der Waals surface area contributed by atoms with Crippen LogP contribution in [0, 0.1) is 0 Å². The lowest BCUT2D eigenvalue weighted by Gasteiger charge is -2.18. The maximum atomic E-state index is 12.8. The number of methoxy groups -OCH3 is 2. The summed E-state index contributed by atoms with van der Waals surface area (Å²) in [6.45, 7) is 1.35. The fourth-order valence-corrected chi connectivity index (χ4v) is 3.99. The maximum Gasteiger partial charge on any atom is 0.573 e. The number of halogens is 3. The van der Waals surface area contributed by atoms with Crippen LogP contribution in [-0.4, -0.2) is 55.4 Å². The third kappa shape index (κ3) is 5.97. The van der Waals surface area contributed by atoms with E-state index >= 15 is 0 Å². The first-order chi connectivity index (χ1) is 17.3. The van der Waals surface area contributed by atoms with Crippen LogP contribution in [0.5, 0.6) is 11.5 Å². The quantitative estimate of drug-likeness (QED) is 0.419. The molecule has 0 aliphatic carbocycles. The van der Waals surface area contributed by atoms with E-state index in [4.69, 9.17) is 18.9 Å². The van der Waals surface area contributed by atoms with Crippen LogP contribution < -0.4 is 9.47 Å². The van der Waals surface area contributed by atoms with Crippen LogP contribution in [0.2, 0.25) is 0 Å². The molecule has 3 aromatic rings. The van der Waals surface area contributed by atoms with E-state index in [0.717, 1.165) is 11.6 Å². The Balaban J connectivity index is 1.63. The van der Waals surface area contributed by atoms with Crippen molar-refractivity contribution < 1.29 is 41.7 Å². The number of benzene rings is 2. The number of rotatable bonds is 8. The number of esters is 1. The number of nitrogens with zero attached hydrogens (tertiary/aromatic N) is 2. The lowest BCUT2D eigenvalue weighted by molar-refractivity contribution is -0.275. The van der Waals surface area contributed by atoms with E-state index in [2.05, 4.69) is 9.72 Å². The van der Waals surface area contributed by atoms with Gasteiger partial charge in [-0.1, -0.05) is 30.3 Å². The molecule has 0 unspecified atom stereocenters. The summed E-state index contributed by atoms with van der Waals surface area (Å²) in [4.78, 5) is 16.9. The Hall–Kier alpha value is -3.57. The first kappa shape index (κ1) is 25.5. The normalized spacial score (nSPS) is 15.6. The van der Waals surface area contributed by atoms with Gasteiger partial charge < -0.3 is 28.3 Å². The van der Waals surface area contributed by atoms with Gasteiger partial charge in [0.1, 0.15) is 5.82 Å². The molecule has 0 saturated heterocycles. The predicted molar refractivity (Wildman–Crippen MR) is 122 cm³/mol. The maximum absolute atomic E-state index is 12.8. The molecule has 1 aliphatic heterocycles. The van der Waals surface area contributed by atoms with Crippen molar-refractivity contribution in [1.29, 1.82) is 0 Å². The molecule has 11 heteroatoms. The lowest BCUT2D eigenvalue weighted by Crippen LogP contribution is -2.24. The van der Waals surface area contributed by atoms with Crippen LogP contribution >= 0.6 is 0 Å². The average Bonchev–Trinajstić information content (AvgIpc) is 3.07. The topological polar surface area (TPSA) is 81.0 Å². The number of carbonyl (C=O) groups is 1. The smallest absolute Gasteiger partial charge is 0.493 e. The van der Waals surface area contributed by atoms with Crippen LogP contribution in [0.4, 0.5) is 13.2 Å². The Morgan fingerprint density at radius 2 is 1.92 bits per heavy atom. The second-order valence-corrected chi connectivity index (χ2v) is 7.99. The van der Waals surface area contributed by atoms with Gasteiger partial charge in [0, 0.05) is 12.0 Å². The molecular weight excluding hydrogens is 481 g/mol. The predicted octanol–water partition coefficient (Wildman–Crippen LogP) is 4.40. The van der Waals surface area contributed by atoms with E-state index in [1.54, 1.807) is 0 Å². The van der Waals surface area contributed by atoms with Gasteiger partial charge in [-0.2, -0.15) is 0 Å². The molecule has 8 nitrogen and oxygen atoms in total. The standard InChI is InChI=1S/C25H25F3N2O6/c1-32-21-12-17(8-9-20(21)36-25(26,27)28)23-29-22(24(31)33-2)19-10-11-35-18(13-30(19)23)15-34-14-16-6-4-3-5-7-16/h3-9,12,18H,10-11,13-15H2,1-2H3/t18-/m0/s1. The molecule has 0 spiro atoms. The minimum Gasteiger partial charge on any atom is -0.493 e. The van der Waals surface area contributed by atoms with E-state index < -0.39 is 18.1 Å². The van der Waals surface area contributed by atoms with E-state index in [9.17, 15) is 18.0 Å².